The third-order valence-corrected chi connectivity index (χ3v) is 7.33. The molecule has 1 atom stereocenters. The minimum atomic E-state index is -3.59. The lowest BCUT2D eigenvalue weighted by Crippen LogP contribution is -2.40. The molecule has 0 spiro atoms. The van der Waals surface area contributed by atoms with Gasteiger partial charge in [0.15, 0.2) is 0 Å². The van der Waals surface area contributed by atoms with Gasteiger partial charge in [-0.1, -0.05) is 6.07 Å². The molecule has 2 aliphatic heterocycles. The van der Waals surface area contributed by atoms with E-state index in [1.165, 1.54) is 21.3 Å². The van der Waals surface area contributed by atoms with E-state index < -0.39 is 15.9 Å². The van der Waals surface area contributed by atoms with Crippen LogP contribution in [0.5, 0.6) is 0 Å². The number of hydrogen-bond acceptors (Lipinski definition) is 6. The van der Waals surface area contributed by atoms with Gasteiger partial charge in [-0.2, -0.15) is 4.31 Å². The molecule has 1 N–H and O–H groups in total. The Kier molecular flexibility index (Phi) is 6.30. The van der Waals surface area contributed by atoms with E-state index in [9.17, 15) is 18.0 Å². The van der Waals surface area contributed by atoms with Gasteiger partial charge in [-0.15, -0.1) is 0 Å². The Morgan fingerprint density at radius 3 is 2.55 bits per heavy atom. The zero-order valence-electron chi connectivity index (χ0n) is 16.9. The Morgan fingerprint density at radius 2 is 1.87 bits per heavy atom. The normalized spacial score (nSPS) is 20.1. The number of sulfonamides is 1. The zero-order chi connectivity index (χ0) is 21.8. The van der Waals surface area contributed by atoms with Crippen LogP contribution in [0.2, 0.25) is 0 Å². The molecule has 2 aliphatic rings. The van der Waals surface area contributed by atoms with Gasteiger partial charge < -0.3 is 15.0 Å². The second kappa shape index (κ2) is 9.13. The molecule has 2 aromatic rings. The van der Waals surface area contributed by atoms with E-state index in [1.54, 1.807) is 24.4 Å². The number of nitrogens with one attached hydrogen (secondary N) is 1. The van der Waals surface area contributed by atoms with Crippen LogP contribution in [0.15, 0.2) is 53.6 Å². The molecule has 0 bridgehead atoms. The van der Waals surface area contributed by atoms with E-state index in [0.717, 1.165) is 5.69 Å². The fourth-order valence-corrected chi connectivity index (χ4v) is 5.10. The van der Waals surface area contributed by atoms with Gasteiger partial charge in [0, 0.05) is 37.9 Å². The van der Waals surface area contributed by atoms with E-state index in [0.29, 0.717) is 38.5 Å². The Bertz CT molecular complexity index is 1040. The third-order valence-electron chi connectivity index (χ3n) is 5.42. The van der Waals surface area contributed by atoms with Crippen molar-refractivity contribution in [2.45, 2.75) is 17.9 Å². The molecule has 2 amide bonds. The summed E-state index contributed by atoms with van der Waals surface area (Å²) in [5.41, 5.74) is 1.32. The van der Waals surface area contributed by atoms with Crippen molar-refractivity contribution in [2.75, 3.05) is 37.7 Å². The maximum absolute atomic E-state index is 12.7. The van der Waals surface area contributed by atoms with E-state index in [1.807, 2.05) is 12.1 Å². The van der Waals surface area contributed by atoms with Crippen molar-refractivity contribution >= 4 is 27.5 Å². The number of rotatable bonds is 6. The average Bonchev–Trinajstić information content (AvgIpc) is 3.20. The first-order chi connectivity index (χ1) is 14.9. The van der Waals surface area contributed by atoms with E-state index in [-0.39, 0.29) is 29.7 Å². The zero-order valence-corrected chi connectivity index (χ0v) is 17.8. The number of carbonyl (C=O) groups excluding carboxylic acids is 2. The molecule has 10 heteroatoms. The summed E-state index contributed by atoms with van der Waals surface area (Å²) >= 11 is 0. The lowest BCUT2D eigenvalue weighted by Gasteiger charge is -2.26. The van der Waals surface area contributed by atoms with Crippen LogP contribution in [0.25, 0.3) is 0 Å². The number of nitrogens with zero attached hydrogens (tertiary/aromatic N) is 3. The van der Waals surface area contributed by atoms with Crippen LogP contribution < -0.4 is 10.2 Å². The number of ether oxygens (including phenoxy) is 1. The van der Waals surface area contributed by atoms with E-state index >= 15 is 0 Å². The van der Waals surface area contributed by atoms with Gasteiger partial charge in [0.25, 0.3) is 0 Å². The Labute approximate surface area is 181 Å². The largest absolute Gasteiger partial charge is 0.379 e. The molecule has 2 fully saturated rings. The summed E-state index contributed by atoms with van der Waals surface area (Å²) in [4.78, 5) is 30.8. The minimum absolute atomic E-state index is 0.113. The summed E-state index contributed by atoms with van der Waals surface area (Å²) in [6.45, 7) is 1.96. The summed E-state index contributed by atoms with van der Waals surface area (Å²) in [7, 11) is -3.59. The fraction of sp³-hybridized carbons (Fsp3) is 0.381. The molecular weight excluding hydrogens is 420 g/mol. The van der Waals surface area contributed by atoms with Crippen molar-refractivity contribution in [3.05, 3.63) is 54.4 Å². The maximum Gasteiger partial charge on any atom is 0.243 e. The van der Waals surface area contributed by atoms with Crippen LogP contribution in [0.3, 0.4) is 0 Å². The van der Waals surface area contributed by atoms with Crippen LogP contribution in [-0.4, -0.2) is 62.4 Å². The number of hydrogen-bond donors (Lipinski definition) is 1. The summed E-state index contributed by atoms with van der Waals surface area (Å²) < 4.78 is 32.1. The van der Waals surface area contributed by atoms with E-state index in [4.69, 9.17) is 4.74 Å². The lowest BCUT2D eigenvalue weighted by atomic mass is 10.1. The first-order valence-corrected chi connectivity index (χ1v) is 11.5. The highest BCUT2D eigenvalue weighted by Crippen LogP contribution is 2.27. The van der Waals surface area contributed by atoms with Crippen LogP contribution in [0.1, 0.15) is 12.1 Å². The molecular formula is C21H24N4O5S. The van der Waals surface area contributed by atoms with Crippen molar-refractivity contribution in [3.8, 4) is 0 Å². The average molecular weight is 445 g/mol. The topological polar surface area (TPSA) is 109 Å². The van der Waals surface area contributed by atoms with Crippen molar-refractivity contribution in [1.29, 1.82) is 0 Å². The smallest absolute Gasteiger partial charge is 0.243 e. The lowest BCUT2D eigenvalue weighted by molar-refractivity contribution is -0.126. The summed E-state index contributed by atoms with van der Waals surface area (Å²) in [5, 5.41) is 2.82. The highest BCUT2D eigenvalue weighted by atomic mass is 32.2. The molecule has 3 heterocycles. The van der Waals surface area contributed by atoms with Crippen molar-refractivity contribution in [2.24, 2.45) is 5.92 Å². The second-order valence-corrected chi connectivity index (χ2v) is 9.39. The minimum Gasteiger partial charge on any atom is -0.379 e. The van der Waals surface area contributed by atoms with Gasteiger partial charge in [0.1, 0.15) is 0 Å². The highest BCUT2D eigenvalue weighted by molar-refractivity contribution is 7.89. The second-order valence-electron chi connectivity index (χ2n) is 7.45. The predicted octanol–water partition coefficient (Wildman–Crippen LogP) is 0.772. The van der Waals surface area contributed by atoms with Crippen LogP contribution in [0.4, 0.5) is 5.69 Å². The summed E-state index contributed by atoms with van der Waals surface area (Å²) in [6.07, 6.45) is 1.77. The number of benzene rings is 1. The molecule has 1 aromatic carbocycles. The van der Waals surface area contributed by atoms with E-state index in [2.05, 4.69) is 10.3 Å². The Hall–Kier alpha value is -2.82. The Balaban J connectivity index is 1.39. The molecule has 9 nitrogen and oxygen atoms in total. The molecule has 0 unspecified atom stereocenters. The number of carbonyl (C=O) groups is 2. The van der Waals surface area contributed by atoms with Crippen LogP contribution >= 0.6 is 0 Å². The number of pyridine rings is 1. The van der Waals surface area contributed by atoms with Crippen molar-refractivity contribution < 1.29 is 22.7 Å². The third kappa shape index (κ3) is 4.76. The summed E-state index contributed by atoms with van der Waals surface area (Å²) in [5.74, 6) is -0.831. The molecule has 0 saturated carbocycles. The van der Waals surface area contributed by atoms with Crippen molar-refractivity contribution in [3.63, 3.8) is 0 Å². The number of morpholine rings is 1. The molecule has 2 saturated heterocycles. The quantitative estimate of drug-likeness (QED) is 0.705. The summed E-state index contributed by atoms with van der Waals surface area (Å²) in [6, 6.07) is 11.7. The molecule has 31 heavy (non-hydrogen) atoms. The van der Waals surface area contributed by atoms with Gasteiger partial charge in [0.05, 0.1) is 36.3 Å². The highest BCUT2D eigenvalue weighted by Gasteiger charge is 2.35. The maximum atomic E-state index is 12.7. The molecule has 164 valence electrons. The van der Waals surface area contributed by atoms with Gasteiger partial charge in [-0.05, 0) is 36.4 Å². The van der Waals surface area contributed by atoms with Gasteiger partial charge in [0.2, 0.25) is 21.8 Å². The molecule has 0 radical (unpaired) electrons. The van der Waals surface area contributed by atoms with Crippen molar-refractivity contribution in [1.82, 2.24) is 14.6 Å². The molecule has 1 aromatic heterocycles. The fourth-order valence-electron chi connectivity index (χ4n) is 3.69. The van der Waals surface area contributed by atoms with Gasteiger partial charge in [-0.25, -0.2) is 8.42 Å². The first-order valence-electron chi connectivity index (χ1n) is 10.1. The Morgan fingerprint density at radius 1 is 1.13 bits per heavy atom. The SMILES string of the molecule is O=C(NCc1ccccn1)[C@@H]1CC(=O)N(c2ccc(S(=O)(=O)N3CCOCC3)cc2)C1. The standard InChI is InChI=1S/C21H24N4O5S/c26-20-13-16(21(27)23-14-17-3-1-2-8-22-17)15-25(20)18-4-6-19(7-5-18)31(28,29)24-9-11-30-12-10-24/h1-8,16H,9-15H2,(H,23,27)/t16-/m1/s1. The molecule has 4 rings (SSSR count). The molecule has 0 aliphatic carbocycles. The monoisotopic (exact) mass is 444 g/mol. The van der Waals surface area contributed by atoms with Crippen LogP contribution in [0, 0.1) is 5.92 Å². The van der Waals surface area contributed by atoms with Gasteiger partial charge >= 0.3 is 0 Å². The first kappa shape index (κ1) is 21.4. The number of amides is 2. The van der Waals surface area contributed by atoms with Gasteiger partial charge in [-0.3, -0.25) is 14.6 Å². The number of aromatic nitrogens is 1. The van der Waals surface area contributed by atoms with Crippen LogP contribution in [-0.2, 0) is 30.9 Å². The predicted molar refractivity (Wildman–Crippen MR) is 113 cm³/mol. The number of anilines is 1.